The lowest BCUT2D eigenvalue weighted by Gasteiger charge is -2.35. The zero-order valence-electron chi connectivity index (χ0n) is 18.9. The Morgan fingerprint density at radius 2 is 1.37 bits per heavy atom. The van der Waals surface area contributed by atoms with E-state index in [4.69, 9.17) is 0 Å². The summed E-state index contributed by atoms with van der Waals surface area (Å²) in [5.41, 5.74) is 7.16. The van der Waals surface area contributed by atoms with Gasteiger partial charge in [-0.3, -0.25) is 0 Å². The highest BCUT2D eigenvalue weighted by molar-refractivity contribution is 8.00. The fourth-order valence-electron chi connectivity index (χ4n) is 5.58. The van der Waals surface area contributed by atoms with Crippen LogP contribution in [-0.2, 0) is 0 Å². The first-order chi connectivity index (χ1) is 17.3. The number of benzene rings is 5. The van der Waals surface area contributed by atoms with Gasteiger partial charge in [0.05, 0.1) is 5.70 Å². The van der Waals surface area contributed by atoms with E-state index in [1.54, 1.807) is 0 Å². The molecule has 0 saturated heterocycles. The minimum atomic E-state index is -0.228. The van der Waals surface area contributed by atoms with Crippen molar-refractivity contribution in [1.29, 1.82) is 0 Å². The van der Waals surface area contributed by atoms with Crippen molar-refractivity contribution < 1.29 is 4.39 Å². The molecule has 1 aliphatic heterocycles. The topological polar surface area (TPSA) is 3.24 Å². The van der Waals surface area contributed by atoms with Gasteiger partial charge in [-0.05, 0) is 70.4 Å². The van der Waals surface area contributed by atoms with E-state index < -0.39 is 0 Å². The van der Waals surface area contributed by atoms with Gasteiger partial charge in [0.1, 0.15) is 5.82 Å². The monoisotopic (exact) mass is 471 g/mol. The van der Waals surface area contributed by atoms with Gasteiger partial charge < -0.3 is 4.90 Å². The van der Waals surface area contributed by atoms with E-state index in [1.165, 1.54) is 44.5 Å². The van der Waals surface area contributed by atoms with E-state index in [0.29, 0.717) is 5.92 Å². The maximum absolute atomic E-state index is 13.9. The molecule has 0 spiro atoms. The van der Waals surface area contributed by atoms with Crippen molar-refractivity contribution in [2.75, 3.05) is 4.90 Å². The molecule has 1 aliphatic carbocycles. The lowest BCUT2D eigenvalue weighted by atomic mass is 9.79. The molecular weight excluding hydrogens is 449 g/mol. The largest absolute Gasteiger partial charge is 0.310 e. The van der Waals surface area contributed by atoms with E-state index in [1.807, 2.05) is 30.0 Å². The van der Waals surface area contributed by atoms with Gasteiger partial charge in [-0.2, -0.15) is 0 Å². The van der Waals surface area contributed by atoms with E-state index in [9.17, 15) is 4.39 Å². The van der Waals surface area contributed by atoms with Crippen LogP contribution in [0.4, 0.5) is 15.8 Å². The van der Waals surface area contributed by atoms with Crippen LogP contribution in [0, 0.1) is 5.82 Å². The maximum atomic E-state index is 13.9. The molecule has 7 rings (SSSR count). The summed E-state index contributed by atoms with van der Waals surface area (Å²) in [4.78, 5) is 3.62. The summed E-state index contributed by atoms with van der Waals surface area (Å²) in [6, 6.07) is 39.2. The SMILES string of the molecule is Fc1ccc(N(C2=CC3Sc4ccc5ccccc5c4C3c3ccccc32)c2ccccc2)cc1. The normalized spacial score (nSPS) is 17.9. The third kappa shape index (κ3) is 3.30. The number of halogens is 1. The number of hydrogen-bond acceptors (Lipinski definition) is 2. The standard InChI is InChI=1S/C32H22FNS/c33-22-15-17-24(18-16-22)34(23-9-2-1-3-10-23)28-20-30-32(27-13-7-6-12-26(27)28)31-25-11-5-4-8-21(25)14-19-29(31)35-30/h1-20,30,32H. The Kier molecular flexibility index (Phi) is 4.78. The Morgan fingerprint density at radius 3 is 2.23 bits per heavy atom. The number of rotatable bonds is 3. The van der Waals surface area contributed by atoms with E-state index >= 15 is 0 Å². The molecule has 1 heterocycles. The minimum absolute atomic E-state index is 0.228. The van der Waals surface area contributed by atoms with E-state index in [0.717, 1.165) is 17.1 Å². The van der Waals surface area contributed by atoms with Crippen LogP contribution in [0.1, 0.15) is 22.6 Å². The first-order valence-corrected chi connectivity index (χ1v) is 12.8. The molecule has 0 bridgehead atoms. The van der Waals surface area contributed by atoms with Gasteiger partial charge in [-0.15, -0.1) is 11.8 Å². The van der Waals surface area contributed by atoms with E-state index in [-0.39, 0.29) is 11.1 Å². The van der Waals surface area contributed by atoms with Gasteiger partial charge in [-0.25, -0.2) is 4.39 Å². The number of para-hydroxylation sites is 1. The van der Waals surface area contributed by atoms with Crippen molar-refractivity contribution in [3.63, 3.8) is 0 Å². The molecule has 0 aromatic heterocycles. The molecule has 0 radical (unpaired) electrons. The molecule has 2 aliphatic rings. The predicted octanol–water partition coefficient (Wildman–Crippen LogP) is 8.78. The molecule has 5 aromatic rings. The Hall–Kier alpha value is -3.82. The molecule has 5 aromatic carbocycles. The maximum Gasteiger partial charge on any atom is 0.123 e. The molecule has 0 fully saturated rings. The van der Waals surface area contributed by atoms with Crippen LogP contribution in [-0.4, -0.2) is 5.25 Å². The summed E-state index contributed by atoms with van der Waals surface area (Å²) < 4.78 is 13.9. The summed E-state index contributed by atoms with van der Waals surface area (Å²) in [5, 5.41) is 2.92. The highest BCUT2D eigenvalue weighted by Gasteiger charge is 2.40. The van der Waals surface area contributed by atoms with Crippen LogP contribution in [0.2, 0.25) is 0 Å². The molecule has 2 unspecified atom stereocenters. The second-order valence-electron chi connectivity index (χ2n) is 9.05. The highest BCUT2D eigenvalue weighted by atomic mass is 32.2. The Labute approximate surface area is 208 Å². The average Bonchev–Trinajstić information content (AvgIpc) is 3.30. The first-order valence-electron chi connectivity index (χ1n) is 11.9. The van der Waals surface area contributed by atoms with Crippen LogP contribution >= 0.6 is 11.8 Å². The molecule has 0 saturated carbocycles. The van der Waals surface area contributed by atoms with Crippen LogP contribution in [0.25, 0.3) is 16.5 Å². The molecule has 3 heteroatoms. The van der Waals surface area contributed by atoms with Crippen molar-refractivity contribution in [3.05, 3.63) is 144 Å². The molecule has 2 atom stereocenters. The Bertz CT molecular complexity index is 1590. The van der Waals surface area contributed by atoms with E-state index in [2.05, 4.69) is 95.9 Å². The summed E-state index contributed by atoms with van der Waals surface area (Å²) in [6.07, 6.45) is 2.42. The van der Waals surface area contributed by atoms with Gasteiger partial charge in [0, 0.05) is 33.0 Å². The zero-order valence-corrected chi connectivity index (χ0v) is 19.8. The summed E-state index contributed by atoms with van der Waals surface area (Å²) in [7, 11) is 0. The zero-order chi connectivity index (χ0) is 23.4. The number of nitrogens with zero attached hydrogens (tertiary/aromatic N) is 1. The summed E-state index contributed by atoms with van der Waals surface area (Å²) in [5.74, 6) is 0.0698. The van der Waals surface area contributed by atoms with Crippen molar-refractivity contribution >= 4 is 39.6 Å². The van der Waals surface area contributed by atoms with Crippen LogP contribution in [0.3, 0.4) is 0 Å². The molecule has 1 nitrogen and oxygen atoms in total. The minimum Gasteiger partial charge on any atom is -0.310 e. The molecular formula is C32H22FNS. The fourth-order valence-corrected chi connectivity index (χ4v) is 7.00. The second kappa shape index (κ2) is 8.14. The first kappa shape index (κ1) is 20.5. The number of fused-ring (bicyclic) bond motifs is 7. The summed E-state index contributed by atoms with van der Waals surface area (Å²) in [6.45, 7) is 0. The molecule has 0 amide bonds. The summed E-state index contributed by atoms with van der Waals surface area (Å²) >= 11 is 1.95. The Balaban J connectivity index is 1.45. The van der Waals surface area contributed by atoms with Gasteiger partial charge in [0.2, 0.25) is 0 Å². The quantitative estimate of drug-likeness (QED) is 0.259. The molecule has 168 valence electrons. The smallest absolute Gasteiger partial charge is 0.123 e. The third-order valence-corrected chi connectivity index (χ3v) is 8.36. The predicted molar refractivity (Wildman–Crippen MR) is 145 cm³/mol. The van der Waals surface area contributed by atoms with Gasteiger partial charge in [0.15, 0.2) is 0 Å². The number of anilines is 2. The fraction of sp³-hybridized carbons (Fsp3) is 0.0625. The second-order valence-corrected chi connectivity index (χ2v) is 10.3. The van der Waals surface area contributed by atoms with Gasteiger partial charge in [-0.1, -0.05) is 72.8 Å². The van der Waals surface area contributed by atoms with Gasteiger partial charge in [0.25, 0.3) is 0 Å². The van der Waals surface area contributed by atoms with Crippen LogP contribution in [0.15, 0.2) is 126 Å². The van der Waals surface area contributed by atoms with Crippen molar-refractivity contribution in [3.8, 4) is 0 Å². The van der Waals surface area contributed by atoms with Gasteiger partial charge >= 0.3 is 0 Å². The average molecular weight is 472 g/mol. The van der Waals surface area contributed by atoms with Crippen molar-refractivity contribution in [2.24, 2.45) is 0 Å². The number of hydrogen-bond donors (Lipinski definition) is 0. The Morgan fingerprint density at radius 1 is 0.657 bits per heavy atom. The lowest BCUT2D eigenvalue weighted by molar-refractivity contribution is 0.628. The van der Waals surface area contributed by atoms with Crippen LogP contribution in [0.5, 0.6) is 0 Å². The van der Waals surface area contributed by atoms with Crippen molar-refractivity contribution in [2.45, 2.75) is 16.1 Å². The third-order valence-electron chi connectivity index (χ3n) is 7.07. The van der Waals surface area contributed by atoms with Crippen LogP contribution < -0.4 is 4.90 Å². The molecule has 35 heavy (non-hydrogen) atoms. The molecule has 0 N–H and O–H groups in total. The lowest BCUT2D eigenvalue weighted by Crippen LogP contribution is -2.24. The highest BCUT2D eigenvalue weighted by Crippen LogP contribution is 2.56. The number of thioether (sulfide) groups is 1. The van der Waals surface area contributed by atoms with Crippen molar-refractivity contribution in [1.82, 2.24) is 0 Å².